The lowest BCUT2D eigenvalue weighted by Crippen LogP contribution is -2.30. The van der Waals surface area contributed by atoms with Crippen LogP contribution in [0.15, 0.2) is 51.7 Å². The molecule has 0 spiro atoms. The quantitative estimate of drug-likeness (QED) is 0.364. The fourth-order valence-electron chi connectivity index (χ4n) is 3.31. The lowest BCUT2D eigenvalue weighted by molar-refractivity contribution is -0.274. The molecule has 11 heteroatoms. The first kappa shape index (κ1) is 25.6. The molecule has 8 nitrogen and oxygen atoms in total. The van der Waals surface area contributed by atoms with E-state index in [0.717, 1.165) is 12.1 Å². The van der Waals surface area contributed by atoms with Gasteiger partial charge in [0.25, 0.3) is 5.91 Å². The minimum absolute atomic E-state index is 0.0456. The van der Waals surface area contributed by atoms with E-state index in [4.69, 9.17) is 13.9 Å². The maximum absolute atomic E-state index is 12.4. The molecule has 1 atom stereocenters. The number of carbonyl (C=O) groups excluding carboxylic acids is 2. The Kier molecular flexibility index (Phi) is 7.68. The average molecular weight is 493 g/mol. The van der Waals surface area contributed by atoms with E-state index in [-0.39, 0.29) is 18.5 Å². The van der Waals surface area contributed by atoms with Crippen molar-refractivity contribution < 1.29 is 41.4 Å². The zero-order valence-corrected chi connectivity index (χ0v) is 19.0. The number of hydrogen-bond acceptors (Lipinski definition) is 7. The van der Waals surface area contributed by atoms with Crippen molar-refractivity contribution in [3.63, 3.8) is 0 Å². The monoisotopic (exact) mass is 493 g/mol. The molecule has 1 aromatic heterocycles. The van der Waals surface area contributed by atoms with E-state index in [1.54, 1.807) is 25.1 Å². The van der Waals surface area contributed by atoms with Gasteiger partial charge in [-0.05, 0) is 62.2 Å². The van der Waals surface area contributed by atoms with Gasteiger partial charge in [0.05, 0.1) is 7.11 Å². The Labute approximate surface area is 197 Å². The van der Waals surface area contributed by atoms with Gasteiger partial charge in [0.2, 0.25) is 0 Å². The fourth-order valence-corrected chi connectivity index (χ4v) is 3.31. The summed E-state index contributed by atoms with van der Waals surface area (Å²) in [4.78, 5) is 36.9. The number of esters is 1. The third-order valence-electron chi connectivity index (χ3n) is 5.11. The summed E-state index contributed by atoms with van der Waals surface area (Å²) < 4.78 is 56.0. The summed E-state index contributed by atoms with van der Waals surface area (Å²) in [5.74, 6) is -1.30. The molecule has 3 rings (SSSR count). The lowest BCUT2D eigenvalue weighted by atomic mass is 10.0. The van der Waals surface area contributed by atoms with Gasteiger partial charge in [-0.3, -0.25) is 9.59 Å². The van der Waals surface area contributed by atoms with Crippen LogP contribution >= 0.6 is 0 Å². The summed E-state index contributed by atoms with van der Waals surface area (Å²) in [6.07, 6.45) is -6.14. The Hall–Kier alpha value is -4.02. The first-order chi connectivity index (χ1) is 16.5. The number of benzene rings is 2. The first-order valence-corrected chi connectivity index (χ1v) is 10.4. The van der Waals surface area contributed by atoms with Gasteiger partial charge in [-0.2, -0.15) is 0 Å². The molecule has 0 aliphatic heterocycles. The molecule has 0 aliphatic carbocycles. The summed E-state index contributed by atoms with van der Waals surface area (Å²) >= 11 is 0. The molecule has 0 aliphatic rings. The number of aryl methyl sites for hydroxylation is 1. The van der Waals surface area contributed by atoms with Crippen LogP contribution < -0.4 is 20.4 Å². The van der Waals surface area contributed by atoms with E-state index in [2.05, 4.69) is 10.1 Å². The van der Waals surface area contributed by atoms with E-state index < -0.39 is 35.7 Å². The molecular formula is C24H22F3NO7. The number of hydrogen-bond donors (Lipinski definition) is 1. The highest BCUT2D eigenvalue weighted by atomic mass is 19.4. The van der Waals surface area contributed by atoms with Crippen molar-refractivity contribution in [1.29, 1.82) is 0 Å². The van der Waals surface area contributed by atoms with Crippen LogP contribution in [0.4, 0.5) is 18.9 Å². The summed E-state index contributed by atoms with van der Waals surface area (Å²) in [6, 6.07) is 9.57. The summed E-state index contributed by atoms with van der Waals surface area (Å²) in [6.45, 7) is 3.09. The highest BCUT2D eigenvalue weighted by Crippen LogP contribution is 2.25. The van der Waals surface area contributed by atoms with Gasteiger partial charge in [-0.25, -0.2) is 4.79 Å². The smallest absolute Gasteiger partial charge is 0.497 e. The topological polar surface area (TPSA) is 104 Å². The number of rotatable bonds is 8. The molecule has 1 unspecified atom stereocenters. The van der Waals surface area contributed by atoms with Crippen molar-refractivity contribution in [3.05, 3.63) is 64.0 Å². The van der Waals surface area contributed by atoms with Gasteiger partial charge in [0.15, 0.2) is 6.10 Å². The maximum atomic E-state index is 12.4. The molecule has 0 bridgehead atoms. The van der Waals surface area contributed by atoms with Crippen LogP contribution in [-0.4, -0.2) is 31.5 Å². The van der Waals surface area contributed by atoms with Crippen LogP contribution in [0.1, 0.15) is 24.5 Å². The summed E-state index contributed by atoms with van der Waals surface area (Å²) in [5.41, 5.74) is 0.947. The number of amides is 1. The van der Waals surface area contributed by atoms with Crippen LogP contribution in [0, 0.1) is 6.92 Å². The number of alkyl halides is 3. The Morgan fingerprint density at radius 2 is 1.74 bits per heavy atom. The van der Waals surface area contributed by atoms with E-state index in [0.29, 0.717) is 27.8 Å². The molecule has 0 saturated heterocycles. The van der Waals surface area contributed by atoms with Crippen molar-refractivity contribution in [2.45, 2.75) is 39.2 Å². The van der Waals surface area contributed by atoms with Gasteiger partial charge < -0.3 is 23.9 Å². The van der Waals surface area contributed by atoms with E-state index >= 15 is 0 Å². The summed E-state index contributed by atoms with van der Waals surface area (Å²) in [5, 5.41) is 3.13. The van der Waals surface area contributed by atoms with E-state index in [9.17, 15) is 27.6 Å². The Balaban J connectivity index is 1.57. The molecule has 1 amide bonds. The second-order valence-electron chi connectivity index (χ2n) is 7.55. The van der Waals surface area contributed by atoms with Crippen LogP contribution in [-0.2, 0) is 20.7 Å². The van der Waals surface area contributed by atoms with Gasteiger partial charge >= 0.3 is 18.0 Å². The van der Waals surface area contributed by atoms with Crippen molar-refractivity contribution >= 4 is 28.5 Å². The number of ether oxygens (including phenoxy) is 3. The molecule has 1 N–H and O–H groups in total. The van der Waals surface area contributed by atoms with E-state index in [1.807, 2.05) is 0 Å². The molecule has 186 valence electrons. The Morgan fingerprint density at radius 1 is 1.09 bits per heavy atom. The zero-order valence-electron chi connectivity index (χ0n) is 19.0. The molecular weight excluding hydrogens is 471 g/mol. The predicted octanol–water partition coefficient (Wildman–Crippen LogP) is 4.51. The predicted molar refractivity (Wildman–Crippen MR) is 119 cm³/mol. The van der Waals surface area contributed by atoms with Crippen molar-refractivity contribution in [2.24, 2.45) is 0 Å². The van der Waals surface area contributed by atoms with Crippen LogP contribution in [0.2, 0.25) is 0 Å². The molecule has 2 aromatic carbocycles. The number of carbonyl (C=O) groups is 2. The highest BCUT2D eigenvalue weighted by Gasteiger charge is 2.31. The second kappa shape index (κ2) is 10.5. The number of fused-ring (bicyclic) bond motifs is 1. The van der Waals surface area contributed by atoms with Crippen LogP contribution in [0.3, 0.4) is 0 Å². The largest absolute Gasteiger partial charge is 0.573 e. The first-order valence-electron chi connectivity index (χ1n) is 10.4. The molecule has 1 heterocycles. The molecule has 0 radical (unpaired) electrons. The number of nitrogens with one attached hydrogen (secondary N) is 1. The van der Waals surface area contributed by atoms with Gasteiger partial charge in [0, 0.05) is 29.1 Å². The molecule has 0 saturated carbocycles. The van der Waals surface area contributed by atoms with Crippen LogP contribution in [0.25, 0.3) is 11.0 Å². The molecule has 35 heavy (non-hydrogen) atoms. The third kappa shape index (κ3) is 6.75. The standard InChI is InChI=1S/C24H22F3NO7/c1-13-18-9-8-17(32-3)12-20(18)34-23(31)19(13)10-11-21(29)33-14(2)22(30)28-15-4-6-16(7-5-15)35-24(25,26)27/h4-9,12,14H,10-11H2,1-3H3,(H,28,30). The van der Waals surface area contributed by atoms with Gasteiger partial charge in [0.1, 0.15) is 17.1 Å². The fraction of sp³-hybridized carbons (Fsp3) is 0.292. The maximum Gasteiger partial charge on any atom is 0.573 e. The molecule has 0 fully saturated rings. The van der Waals surface area contributed by atoms with Crippen molar-refractivity contribution in [2.75, 3.05) is 12.4 Å². The van der Waals surface area contributed by atoms with E-state index in [1.165, 1.54) is 26.2 Å². The number of halogens is 3. The highest BCUT2D eigenvalue weighted by molar-refractivity contribution is 5.95. The minimum Gasteiger partial charge on any atom is -0.497 e. The van der Waals surface area contributed by atoms with Gasteiger partial charge in [-0.1, -0.05) is 0 Å². The SMILES string of the molecule is COc1ccc2c(C)c(CCC(=O)OC(C)C(=O)Nc3ccc(OC(F)(F)F)cc3)c(=O)oc2c1. The Bertz CT molecular complexity index is 1280. The Morgan fingerprint density at radius 3 is 2.37 bits per heavy atom. The normalized spacial score (nSPS) is 12.2. The molecule has 3 aromatic rings. The minimum atomic E-state index is -4.83. The van der Waals surface area contributed by atoms with Crippen molar-refractivity contribution in [3.8, 4) is 11.5 Å². The summed E-state index contributed by atoms with van der Waals surface area (Å²) in [7, 11) is 1.50. The number of methoxy groups -OCH3 is 1. The lowest BCUT2D eigenvalue weighted by Gasteiger charge is -2.14. The number of anilines is 1. The van der Waals surface area contributed by atoms with Crippen LogP contribution in [0.5, 0.6) is 11.5 Å². The van der Waals surface area contributed by atoms with Gasteiger partial charge in [-0.15, -0.1) is 13.2 Å². The second-order valence-corrected chi connectivity index (χ2v) is 7.55. The third-order valence-corrected chi connectivity index (χ3v) is 5.11. The average Bonchev–Trinajstić information content (AvgIpc) is 2.78. The zero-order chi connectivity index (χ0) is 25.8. The van der Waals surface area contributed by atoms with Crippen molar-refractivity contribution in [1.82, 2.24) is 0 Å².